The monoisotopic (exact) mass is 465 g/mol. The number of hydroxylamine groups is 3. The fourth-order valence-electron chi connectivity index (χ4n) is 5.21. The van der Waals surface area contributed by atoms with Gasteiger partial charge in [0.25, 0.3) is 5.91 Å². The Morgan fingerprint density at radius 3 is 2.20 bits per heavy atom. The van der Waals surface area contributed by atoms with Gasteiger partial charge in [-0.25, -0.2) is 4.98 Å². The van der Waals surface area contributed by atoms with Gasteiger partial charge in [0.05, 0.1) is 29.9 Å². The summed E-state index contributed by atoms with van der Waals surface area (Å²) in [4.78, 5) is 21.2. The molecule has 2 heterocycles. The summed E-state index contributed by atoms with van der Waals surface area (Å²) in [6.45, 7) is 3.90. The Kier molecular flexibility index (Phi) is 6.62. The van der Waals surface area contributed by atoms with Gasteiger partial charge in [0.2, 0.25) is 0 Å². The number of hydrogen-bond donors (Lipinski definition) is 0. The predicted octanol–water partition coefficient (Wildman–Crippen LogP) is 6.57. The lowest BCUT2D eigenvalue weighted by molar-refractivity contribution is -0.898. The van der Waals surface area contributed by atoms with E-state index in [1.807, 2.05) is 91.9 Å². The third kappa shape index (κ3) is 4.70. The van der Waals surface area contributed by atoms with E-state index in [9.17, 15) is 10.0 Å². The molecule has 0 bridgehead atoms. The van der Waals surface area contributed by atoms with Gasteiger partial charge in [-0.2, -0.15) is 0 Å². The van der Waals surface area contributed by atoms with Gasteiger partial charge in [-0.3, -0.25) is 4.79 Å². The second-order valence-corrected chi connectivity index (χ2v) is 9.31. The van der Waals surface area contributed by atoms with Crippen LogP contribution >= 0.6 is 0 Å². The number of likely N-dealkylation sites (tertiary alicyclic amines) is 1. The molecule has 5 nitrogen and oxygen atoms in total. The van der Waals surface area contributed by atoms with Crippen LogP contribution in [0.15, 0.2) is 84.9 Å². The summed E-state index contributed by atoms with van der Waals surface area (Å²) in [5.41, 5.74) is 4.62. The Morgan fingerprint density at radius 2 is 1.51 bits per heavy atom. The molecule has 3 aromatic carbocycles. The van der Waals surface area contributed by atoms with Crippen molar-refractivity contribution in [2.24, 2.45) is 0 Å². The average Bonchev–Trinajstić information content (AvgIpc) is 2.90. The number of pyridine rings is 1. The molecule has 0 radical (unpaired) electrons. The molecule has 178 valence electrons. The van der Waals surface area contributed by atoms with Crippen LogP contribution in [-0.2, 0) is 6.54 Å². The van der Waals surface area contributed by atoms with Gasteiger partial charge >= 0.3 is 0 Å². The first-order valence-electron chi connectivity index (χ1n) is 12.5. The van der Waals surface area contributed by atoms with Gasteiger partial charge in [-0.15, -0.1) is 0 Å². The maximum absolute atomic E-state index is 14.3. The number of amides is 1. The Balaban J connectivity index is 1.76. The average molecular weight is 466 g/mol. The van der Waals surface area contributed by atoms with Crippen LogP contribution in [0.1, 0.15) is 42.1 Å². The summed E-state index contributed by atoms with van der Waals surface area (Å²) in [6.07, 6.45) is 2.92. The van der Waals surface area contributed by atoms with E-state index in [0.29, 0.717) is 25.2 Å². The van der Waals surface area contributed by atoms with Gasteiger partial charge in [0, 0.05) is 28.7 Å². The highest BCUT2D eigenvalue weighted by atomic mass is 16.5. The molecular weight excluding hydrogens is 434 g/mol. The number of fused-ring (bicyclic) bond motifs is 1. The van der Waals surface area contributed by atoms with Crippen LogP contribution in [0.2, 0.25) is 0 Å². The van der Waals surface area contributed by atoms with Crippen molar-refractivity contribution in [1.29, 1.82) is 0 Å². The van der Waals surface area contributed by atoms with Gasteiger partial charge in [0.15, 0.2) is 0 Å². The van der Waals surface area contributed by atoms with Crippen LogP contribution in [-0.4, -0.2) is 35.2 Å². The van der Waals surface area contributed by atoms with E-state index in [1.54, 1.807) is 4.90 Å². The molecule has 1 aliphatic heterocycles. The van der Waals surface area contributed by atoms with Crippen molar-refractivity contribution in [3.63, 3.8) is 0 Å². The molecule has 5 heteroatoms. The Morgan fingerprint density at radius 1 is 0.886 bits per heavy atom. The molecule has 0 spiro atoms. The lowest BCUT2D eigenvalue weighted by Gasteiger charge is -2.46. The lowest BCUT2D eigenvalue weighted by atomic mass is 9.94. The van der Waals surface area contributed by atoms with Crippen LogP contribution in [0.3, 0.4) is 0 Å². The summed E-state index contributed by atoms with van der Waals surface area (Å²) in [5, 5.41) is 14.7. The molecule has 1 fully saturated rings. The second-order valence-electron chi connectivity index (χ2n) is 9.31. The fourth-order valence-corrected chi connectivity index (χ4v) is 5.21. The van der Waals surface area contributed by atoms with E-state index >= 15 is 0 Å². The molecule has 5 rings (SSSR count). The highest BCUT2D eigenvalue weighted by molar-refractivity contribution is 6.15. The van der Waals surface area contributed by atoms with E-state index < -0.39 is 0 Å². The van der Waals surface area contributed by atoms with Crippen molar-refractivity contribution in [2.75, 3.05) is 24.5 Å². The summed E-state index contributed by atoms with van der Waals surface area (Å²) in [7, 11) is 0. The fraction of sp³-hybridized carbons (Fsp3) is 0.267. The highest BCUT2D eigenvalue weighted by Gasteiger charge is 2.30. The predicted molar refractivity (Wildman–Crippen MR) is 142 cm³/mol. The number of piperidine rings is 1. The number of anilines is 1. The van der Waals surface area contributed by atoms with Crippen molar-refractivity contribution in [1.82, 2.24) is 4.98 Å². The Labute approximate surface area is 206 Å². The summed E-state index contributed by atoms with van der Waals surface area (Å²) in [5.74, 6) is -0.0897. The number of nitrogens with zero attached hydrogens (tertiary/aromatic N) is 3. The third-order valence-electron chi connectivity index (χ3n) is 6.96. The van der Waals surface area contributed by atoms with Gasteiger partial charge < -0.3 is 14.8 Å². The zero-order valence-corrected chi connectivity index (χ0v) is 20.2. The number of benzene rings is 3. The maximum atomic E-state index is 14.3. The van der Waals surface area contributed by atoms with E-state index in [4.69, 9.17) is 4.98 Å². The molecule has 1 amide bonds. The standard InChI is InChI=1S/C30H31N3O2/c1-2-32(24-16-8-4-9-17-24)30(34)28-25-18-10-11-19-27(25)31-29(23-14-6-3-7-15-23)26(28)22-33(35)20-12-5-13-21-33/h3-4,6-11,14-19H,2,5,12-13,20-22H2,1H3. The Bertz CT molecular complexity index is 1320. The number of aromatic nitrogens is 1. The van der Waals surface area contributed by atoms with E-state index in [-0.39, 0.29) is 17.1 Å². The minimum absolute atomic E-state index is 0.0897. The van der Waals surface area contributed by atoms with Crippen molar-refractivity contribution in [3.8, 4) is 11.3 Å². The van der Waals surface area contributed by atoms with E-state index in [0.717, 1.165) is 52.7 Å². The molecule has 0 N–H and O–H groups in total. The van der Waals surface area contributed by atoms with Crippen LogP contribution < -0.4 is 4.90 Å². The molecule has 1 aromatic heterocycles. The first-order chi connectivity index (χ1) is 17.1. The Hall–Kier alpha value is -3.54. The molecular formula is C30H31N3O2. The summed E-state index contributed by atoms with van der Waals surface area (Å²) in [6, 6.07) is 27.5. The van der Waals surface area contributed by atoms with Gasteiger partial charge in [-0.05, 0) is 44.4 Å². The SMILES string of the molecule is CCN(C(=O)c1c(C[N+]2([O-])CCCCC2)c(-c2ccccc2)nc2ccccc12)c1ccccc1. The zero-order valence-electron chi connectivity index (χ0n) is 20.2. The van der Waals surface area contributed by atoms with E-state index in [1.165, 1.54) is 0 Å². The largest absolute Gasteiger partial charge is 0.633 e. The number of carbonyl (C=O) groups excluding carboxylic acids is 1. The molecule has 35 heavy (non-hydrogen) atoms. The normalized spacial score (nSPS) is 15.1. The van der Waals surface area contributed by atoms with Gasteiger partial charge in [-0.1, -0.05) is 66.7 Å². The first-order valence-corrected chi connectivity index (χ1v) is 12.5. The number of para-hydroxylation sites is 2. The number of carbonyl (C=O) groups is 1. The van der Waals surface area contributed by atoms with Crippen molar-refractivity contribution >= 4 is 22.5 Å². The summed E-state index contributed by atoms with van der Waals surface area (Å²) >= 11 is 0. The smallest absolute Gasteiger partial charge is 0.259 e. The van der Waals surface area contributed by atoms with Crippen LogP contribution in [0.5, 0.6) is 0 Å². The minimum atomic E-state index is -0.308. The van der Waals surface area contributed by atoms with Crippen molar-refractivity contribution < 1.29 is 9.44 Å². The lowest BCUT2D eigenvalue weighted by Crippen LogP contribution is -2.46. The van der Waals surface area contributed by atoms with Crippen LogP contribution in [0.4, 0.5) is 5.69 Å². The zero-order chi connectivity index (χ0) is 24.3. The molecule has 0 atom stereocenters. The van der Waals surface area contributed by atoms with Crippen molar-refractivity contribution in [2.45, 2.75) is 32.7 Å². The van der Waals surface area contributed by atoms with Crippen LogP contribution in [0, 0.1) is 5.21 Å². The molecule has 0 aliphatic carbocycles. The van der Waals surface area contributed by atoms with Gasteiger partial charge in [0.1, 0.15) is 6.54 Å². The summed E-state index contributed by atoms with van der Waals surface area (Å²) < 4.78 is -0.308. The first kappa shape index (κ1) is 23.2. The topological polar surface area (TPSA) is 56.3 Å². The third-order valence-corrected chi connectivity index (χ3v) is 6.96. The van der Waals surface area contributed by atoms with E-state index in [2.05, 4.69) is 0 Å². The molecule has 1 saturated heterocycles. The second kappa shape index (κ2) is 9.98. The molecule has 0 unspecified atom stereocenters. The molecule has 0 saturated carbocycles. The molecule has 1 aliphatic rings. The number of quaternary nitrogens is 1. The minimum Gasteiger partial charge on any atom is -0.633 e. The highest BCUT2D eigenvalue weighted by Crippen LogP contribution is 2.35. The number of hydrogen-bond acceptors (Lipinski definition) is 3. The number of rotatable bonds is 6. The van der Waals surface area contributed by atoms with Crippen LogP contribution in [0.25, 0.3) is 22.2 Å². The molecule has 4 aromatic rings. The quantitative estimate of drug-likeness (QED) is 0.239. The maximum Gasteiger partial charge on any atom is 0.259 e. The van der Waals surface area contributed by atoms with Crippen molar-refractivity contribution in [3.05, 3.63) is 101 Å².